The average Bonchev–Trinajstić information content (AvgIpc) is 3.32. The van der Waals surface area contributed by atoms with Crippen molar-refractivity contribution in [3.8, 4) is 0 Å². The topological polar surface area (TPSA) is 56.2 Å². The fourth-order valence-corrected chi connectivity index (χ4v) is 4.18. The van der Waals surface area contributed by atoms with Gasteiger partial charge in [0, 0.05) is 50.5 Å². The molecule has 136 valence electrons. The Labute approximate surface area is 149 Å². The molecule has 0 unspecified atom stereocenters. The number of aliphatic hydroxyl groups excluding tert-OH is 1. The van der Waals surface area contributed by atoms with Crippen LogP contribution in [0.2, 0.25) is 0 Å². The van der Waals surface area contributed by atoms with E-state index in [1.807, 2.05) is 24.3 Å². The molecule has 25 heavy (non-hydrogen) atoms. The number of aliphatic hydroxyl groups is 1. The summed E-state index contributed by atoms with van der Waals surface area (Å²) >= 11 is 0. The van der Waals surface area contributed by atoms with Crippen LogP contribution in [0.1, 0.15) is 23.2 Å². The van der Waals surface area contributed by atoms with E-state index in [0.29, 0.717) is 31.9 Å². The van der Waals surface area contributed by atoms with Crippen molar-refractivity contribution in [2.24, 2.45) is 0 Å². The molecule has 0 aromatic heterocycles. The second-order valence-electron chi connectivity index (χ2n) is 7.23. The van der Waals surface area contributed by atoms with E-state index in [9.17, 15) is 9.90 Å². The maximum Gasteiger partial charge on any atom is 0.253 e. The van der Waals surface area contributed by atoms with E-state index in [-0.39, 0.29) is 11.9 Å². The van der Waals surface area contributed by atoms with E-state index in [1.54, 1.807) is 4.90 Å². The summed E-state index contributed by atoms with van der Waals surface area (Å²) in [6, 6.07) is 7.96. The lowest BCUT2D eigenvalue weighted by Gasteiger charge is -2.33. The van der Waals surface area contributed by atoms with Crippen molar-refractivity contribution in [1.82, 2.24) is 9.80 Å². The summed E-state index contributed by atoms with van der Waals surface area (Å²) in [5.41, 5.74) is 1.90. The molecule has 4 rings (SSSR count). The molecule has 0 aliphatic carbocycles. The number of carbonyl (C=O) groups excluding carboxylic acids is 1. The van der Waals surface area contributed by atoms with Gasteiger partial charge >= 0.3 is 0 Å². The molecular formula is C19H27N3O3. The predicted molar refractivity (Wildman–Crippen MR) is 96.0 cm³/mol. The zero-order valence-electron chi connectivity index (χ0n) is 14.6. The molecule has 0 radical (unpaired) electrons. The Morgan fingerprint density at radius 2 is 1.68 bits per heavy atom. The Hall–Kier alpha value is -1.63. The smallest absolute Gasteiger partial charge is 0.253 e. The summed E-state index contributed by atoms with van der Waals surface area (Å²) in [6.07, 6.45) is 2.01. The van der Waals surface area contributed by atoms with Crippen molar-refractivity contribution in [1.29, 1.82) is 0 Å². The third-order valence-corrected chi connectivity index (χ3v) is 5.65. The highest BCUT2D eigenvalue weighted by Crippen LogP contribution is 2.23. The lowest BCUT2D eigenvalue weighted by Crippen LogP contribution is -2.49. The van der Waals surface area contributed by atoms with Crippen LogP contribution in [0, 0.1) is 0 Å². The summed E-state index contributed by atoms with van der Waals surface area (Å²) in [6.45, 7) is 6.27. The Bertz CT molecular complexity index is 594. The molecule has 6 heteroatoms. The predicted octanol–water partition coefficient (Wildman–Crippen LogP) is 0.804. The Kier molecular flexibility index (Phi) is 4.92. The molecule has 6 nitrogen and oxygen atoms in total. The molecule has 3 aliphatic heterocycles. The minimum atomic E-state index is -0.481. The Balaban J connectivity index is 1.40. The summed E-state index contributed by atoms with van der Waals surface area (Å²) < 4.78 is 5.38. The van der Waals surface area contributed by atoms with Crippen molar-refractivity contribution < 1.29 is 14.6 Å². The van der Waals surface area contributed by atoms with Crippen LogP contribution in [-0.4, -0.2) is 85.4 Å². The zero-order chi connectivity index (χ0) is 17.2. The molecular weight excluding hydrogens is 318 g/mol. The highest BCUT2D eigenvalue weighted by atomic mass is 16.5. The summed E-state index contributed by atoms with van der Waals surface area (Å²) in [5, 5.41) is 10.4. The number of carbonyl (C=O) groups is 1. The highest BCUT2D eigenvalue weighted by Gasteiger charge is 2.38. The minimum Gasteiger partial charge on any atom is -0.390 e. The van der Waals surface area contributed by atoms with Crippen LogP contribution in [0.5, 0.6) is 0 Å². The lowest BCUT2D eigenvalue weighted by atomic mass is 10.1. The van der Waals surface area contributed by atoms with Crippen LogP contribution in [0.25, 0.3) is 0 Å². The number of nitrogens with zero attached hydrogens (tertiary/aromatic N) is 3. The fraction of sp³-hybridized carbons (Fsp3) is 0.632. The first-order valence-electron chi connectivity index (χ1n) is 9.36. The van der Waals surface area contributed by atoms with Gasteiger partial charge in [-0.2, -0.15) is 0 Å². The van der Waals surface area contributed by atoms with E-state index >= 15 is 0 Å². The van der Waals surface area contributed by atoms with Gasteiger partial charge < -0.3 is 19.6 Å². The first-order valence-corrected chi connectivity index (χ1v) is 9.36. The summed E-state index contributed by atoms with van der Waals surface area (Å²) in [7, 11) is 0. The quantitative estimate of drug-likeness (QED) is 0.878. The van der Waals surface area contributed by atoms with Gasteiger partial charge in [-0.25, -0.2) is 0 Å². The molecule has 3 heterocycles. The van der Waals surface area contributed by atoms with Crippen molar-refractivity contribution in [3.63, 3.8) is 0 Å². The van der Waals surface area contributed by atoms with Gasteiger partial charge in [-0.1, -0.05) is 0 Å². The first kappa shape index (κ1) is 16.8. The van der Waals surface area contributed by atoms with Crippen molar-refractivity contribution >= 4 is 11.6 Å². The van der Waals surface area contributed by atoms with Crippen molar-refractivity contribution in [3.05, 3.63) is 29.8 Å². The molecule has 1 aromatic rings. The molecule has 1 amide bonds. The fourth-order valence-electron chi connectivity index (χ4n) is 4.18. The molecule has 3 aliphatic rings. The number of ether oxygens (including phenoxy) is 1. The summed E-state index contributed by atoms with van der Waals surface area (Å²) in [4.78, 5) is 19.2. The van der Waals surface area contributed by atoms with E-state index in [2.05, 4.69) is 9.80 Å². The molecule has 1 aromatic carbocycles. The van der Waals surface area contributed by atoms with Gasteiger partial charge in [-0.15, -0.1) is 0 Å². The van der Waals surface area contributed by atoms with Gasteiger partial charge in [0.05, 0.1) is 25.4 Å². The van der Waals surface area contributed by atoms with Gasteiger partial charge in [0.25, 0.3) is 5.91 Å². The number of β-amino-alcohol motifs (C(OH)–C–C–N with tert-alkyl or cyclic N) is 1. The van der Waals surface area contributed by atoms with Crippen molar-refractivity contribution in [2.45, 2.75) is 25.0 Å². The largest absolute Gasteiger partial charge is 0.390 e. The van der Waals surface area contributed by atoms with Gasteiger partial charge in [0.1, 0.15) is 0 Å². The molecule has 3 fully saturated rings. The van der Waals surface area contributed by atoms with Crippen LogP contribution in [-0.2, 0) is 4.74 Å². The average molecular weight is 345 g/mol. The number of morpholine rings is 1. The molecule has 3 saturated heterocycles. The monoisotopic (exact) mass is 345 g/mol. The van der Waals surface area contributed by atoms with Crippen LogP contribution in [0.4, 0.5) is 5.69 Å². The first-order chi connectivity index (χ1) is 12.2. The highest BCUT2D eigenvalue weighted by molar-refractivity contribution is 5.94. The molecule has 2 atom stereocenters. The maximum absolute atomic E-state index is 12.8. The SMILES string of the molecule is O=C(c1ccc(N2CCCC2)cc1)N1C[C@@H](O)[C@H](N2CCOCC2)C1. The second kappa shape index (κ2) is 7.32. The number of benzene rings is 1. The molecule has 0 bridgehead atoms. The molecule has 0 spiro atoms. The van der Waals surface area contributed by atoms with E-state index in [0.717, 1.165) is 26.2 Å². The lowest BCUT2D eigenvalue weighted by molar-refractivity contribution is -0.00611. The number of hydrogen-bond acceptors (Lipinski definition) is 5. The van der Waals surface area contributed by atoms with E-state index in [1.165, 1.54) is 18.5 Å². The van der Waals surface area contributed by atoms with Crippen LogP contribution < -0.4 is 4.90 Å². The van der Waals surface area contributed by atoms with Crippen LogP contribution in [0.3, 0.4) is 0 Å². The number of likely N-dealkylation sites (tertiary alicyclic amines) is 1. The number of anilines is 1. The van der Waals surface area contributed by atoms with Crippen LogP contribution in [0.15, 0.2) is 24.3 Å². The van der Waals surface area contributed by atoms with Gasteiger partial charge in [0.15, 0.2) is 0 Å². The third kappa shape index (κ3) is 3.52. The van der Waals surface area contributed by atoms with E-state index < -0.39 is 6.10 Å². The van der Waals surface area contributed by atoms with Crippen molar-refractivity contribution in [2.75, 3.05) is 57.4 Å². The standard InChI is InChI=1S/C19H27N3O3/c23-18-14-22(13-17(18)21-9-11-25-12-10-21)19(24)15-3-5-16(6-4-15)20-7-1-2-8-20/h3-6,17-18,23H,1-2,7-14H2/t17-,18-/m1/s1. The Morgan fingerprint density at radius 3 is 2.36 bits per heavy atom. The van der Waals surface area contributed by atoms with Gasteiger partial charge in [-0.3, -0.25) is 9.69 Å². The molecule has 0 saturated carbocycles. The zero-order valence-corrected chi connectivity index (χ0v) is 14.6. The van der Waals surface area contributed by atoms with Crippen LogP contribution >= 0.6 is 0 Å². The number of rotatable bonds is 3. The minimum absolute atomic E-state index is 0.0165. The summed E-state index contributed by atoms with van der Waals surface area (Å²) in [5.74, 6) is 0.0165. The molecule has 1 N–H and O–H groups in total. The number of hydrogen-bond donors (Lipinski definition) is 1. The van der Waals surface area contributed by atoms with Gasteiger partial charge in [-0.05, 0) is 37.1 Å². The Morgan fingerprint density at radius 1 is 1.00 bits per heavy atom. The third-order valence-electron chi connectivity index (χ3n) is 5.65. The maximum atomic E-state index is 12.8. The normalized spacial score (nSPS) is 27.9. The number of amides is 1. The van der Waals surface area contributed by atoms with Gasteiger partial charge in [0.2, 0.25) is 0 Å². The second-order valence-corrected chi connectivity index (χ2v) is 7.23. The van der Waals surface area contributed by atoms with E-state index in [4.69, 9.17) is 4.74 Å².